The Kier molecular flexibility index (Phi) is 6.88. The minimum Gasteiger partial charge on any atom is -0.380 e. The highest BCUT2D eigenvalue weighted by atomic mass is 16.5. The summed E-state index contributed by atoms with van der Waals surface area (Å²) >= 11 is 0. The lowest BCUT2D eigenvalue weighted by Crippen LogP contribution is -2.43. The van der Waals surface area contributed by atoms with Crippen molar-refractivity contribution in [2.24, 2.45) is 0 Å². The summed E-state index contributed by atoms with van der Waals surface area (Å²) < 4.78 is 5.69. The number of aromatic amines is 1. The van der Waals surface area contributed by atoms with Crippen molar-refractivity contribution in [3.8, 4) is 33.6 Å². The molecule has 0 saturated carbocycles. The summed E-state index contributed by atoms with van der Waals surface area (Å²) in [5.41, 5.74) is 11.4. The molecule has 2 aromatic carbocycles. The van der Waals surface area contributed by atoms with E-state index >= 15 is 0 Å². The first kappa shape index (κ1) is 25.1. The maximum absolute atomic E-state index is 5.69. The number of ether oxygens (including phenoxy) is 1. The van der Waals surface area contributed by atoms with Gasteiger partial charge in [-0.1, -0.05) is 48.5 Å². The smallest absolute Gasteiger partial charge is 0.155 e. The van der Waals surface area contributed by atoms with Gasteiger partial charge in [0.15, 0.2) is 5.65 Å². The summed E-state index contributed by atoms with van der Waals surface area (Å²) in [7, 11) is 0. The van der Waals surface area contributed by atoms with Gasteiger partial charge in [0.05, 0.1) is 12.3 Å². The van der Waals surface area contributed by atoms with Crippen molar-refractivity contribution in [3.63, 3.8) is 0 Å². The molecule has 6 nitrogen and oxygen atoms in total. The van der Waals surface area contributed by atoms with Crippen LogP contribution in [0.1, 0.15) is 42.4 Å². The molecule has 0 unspecified atom stereocenters. The van der Waals surface area contributed by atoms with Gasteiger partial charge in [0, 0.05) is 53.2 Å². The van der Waals surface area contributed by atoms with Gasteiger partial charge >= 0.3 is 0 Å². The Morgan fingerprint density at radius 3 is 2.40 bits per heavy atom. The zero-order chi connectivity index (χ0) is 26.9. The Morgan fingerprint density at radius 2 is 1.60 bits per heavy atom. The van der Waals surface area contributed by atoms with Gasteiger partial charge in [-0.15, -0.1) is 0 Å². The first-order chi connectivity index (χ1) is 19.7. The van der Waals surface area contributed by atoms with Crippen molar-refractivity contribution in [3.05, 3.63) is 89.7 Å². The molecule has 6 heteroatoms. The molecule has 1 saturated heterocycles. The van der Waals surface area contributed by atoms with Crippen LogP contribution in [-0.2, 0) is 17.6 Å². The summed E-state index contributed by atoms with van der Waals surface area (Å²) in [5, 5.41) is 12.7. The van der Waals surface area contributed by atoms with Gasteiger partial charge < -0.3 is 10.1 Å². The standard InChI is InChI=1S/C34H35N5O/c1-22-4-2-16-35-32(22)24-7-9-25(10-8-24)33-31-19-28(20-36-34(31)39-38-33)27-11-6-23-12-14-29(15-13-26(23)18-27)37-30-5-3-17-40-21-30/h2,4,6-11,16,18-20,29-30,37H,3,5,12-15,17,21H2,1H3,(H,36,38,39)/t29-,30-/m0/s1. The molecule has 0 radical (unpaired) electrons. The van der Waals surface area contributed by atoms with Gasteiger partial charge in [-0.25, -0.2) is 4.98 Å². The lowest BCUT2D eigenvalue weighted by Gasteiger charge is -2.28. The van der Waals surface area contributed by atoms with Crippen LogP contribution < -0.4 is 5.32 Å². The second kappa shape index (κ2) is 11.0. The van der Waals surface area contributed by atoms with Gasteiger partial charge in [-0.3, -0.25) is 10.1 Å². The van der Waals surface area contributed by atoms with Crippen LogP contribution in [-0.4, -0.2) is 45.5 Å². The average Bonchev–Trinajstić information content (AvgIpc) is 3.32. The van der Waals surface area contributed by atoms with Crippen LogP contribution in [0.4, 0.5) is 0 Å². The van der Waals surface area contributed by atoms with Crippen molar-refractivity contribution in [1.82, 2.24) is 25.5 Å². The second-order valence-corrected chi connectivity index (χ2v) is 11.3. The van der Waals surface area contributed by atoms with E-state index in [9.17, 15) is 0 Å². The number of nitrogens with one attached hydrogen (secondary N) is 2. The van der Waals surface area contributed by atoms with Crippen LogP contribution in [0, 0.1) is 6.92 Å². The molecule has 2 N–H and O–H groups in total. The molecule has 1 aliphatic heterocycles. The lowest BCUT2D eigenvalue weighted by molar-refractivity contribution is 0.0656. The van der Waals surface area contributed by atoms with E-state index in [1.165, 1.54) is 47.9 Å². The molecule has 2 aliphatic rings. The minimum atomic E-state index is 0.507. The van der Waals surface area contributed by atoms with E-state index in [1.807, 2.05) is 18.5 Å². The summed E-state index contributed by atoms with van der Waals surface area (Å²) in [4.78, 5) is 9.30. The Morgan fingerprint density at radius 1 is 0.800 bits per heavy atom. The van der Waals surface area contributed by atoms with Crippen molar-refractivity contribution in [2.75, 3.05) is 13.2 Å². The van der Waals surface area contributed by atoms with E-state index in [1.54, 1.807) is 0 Å². The Bertz CT molecular complexity index is 1630. The van der Waals surface area contributed by atoms with E-state index in [0.29, 0.717) is 12.1 Å². The Labute approximate surface area is 235 Å². The van der Waals surface area contributed by atoms with Crippen LogP contribution in [0.15, 0.2) is 73.1 Å². The Balaban J connectivity index is 1.13. The fraction of sp³-hybridized carbons (Fsp3) is 0.324. The topological polar surface area (TPSA) is 75.7 Å². The van der Waals surface area contributed by atoms with E-state index in [0.717, 1.165) is 65.2 Å². The number of H-pyrrole nitrogens is 1. The number of pyridine rings is 2. The first-order valence-corrected chi connectivity index (χ1v) is 14.5. The fourth-order valence-corrected chi connectivity index (χ4v) is 6.31. The third kappa shape index (κ3) is 5.05. The molecule has 0 spiro atoms. The predicted octanol–water partition coefficient (Wildman–Crippen LogP) is 6.68. The zero-order valence-electron chi connectivity index (χ0n) is 23.0. The SMILES string of the molecule is Cc1cccnc1-c1ccc(-c2n[nH]c3ncc(-c4ccc5c(c4)CC[C@@H](N[C@H]4CCCOC4)CC5)cc23)cc1. The summed E-state index contributed by atoms with van der Waals surface area (Å²) in [5.74, 6) is 0. The summed E-state index contributed by atoms with van der Waals surface area (Å²) in [6.07, 6.45) is 10.8. The fourth-order valence-electron chi connectivity index (χ4n) is 6.31. The molecule has 3 aromatic heterocycles. The highest BCUT2D eigenvalue weighted by Crippen LogP contribution is 2.32. The highest BCUT2D eigenvalue weighted by molar-refractivity contribution is 5.93. The summed E-state index contributed by atoms with van der Waals surface area (Å²) in [6.45, 7) is 3.86. The van der Waals surface area contributed by atoms with Crippen LogP contribution in [0.25, 0.3) is 44.7 Å². The number of rotatable bonds is 5. The number of benzene rings is 2. The van der Waals surface area contributed by atoms with Crippen LogP contribution in [0.5, 0.6) is 0 Å². The molecular weight excluding hydrogens is 494 g/mol. The van der Waals surface area contributed by atoms with Crippen LogP contribution >= 0.6 is 0 Å². The quantitative estimate of drug-likeness (QED) is 0.249. The molecule has 2 atom stereocenters. The van der Waals surface area contributed by atoms with E-state index < -0.39 is 0 Å². The number of aryl methyl sites for hydroxylation is 3. The predicted molar refractivity (Wildman–Crippen MR) is 160 cm³/mol. The molecule has 40 heavy (non-hydrogen) atoms. The number of hydrogen-bond donors (Lipinski definition) is 2. The first-order valence-electron chi connectivity index (χ1n) is 14.5. The number of nitrogens with zero attached hydrogens (tertiary/aromatic N) is 3. The van der Waals surface area contributed by atoms with Crippen LogP contribution in [0.3, 0.4) is 0 Å². The highest BCUT2D eigenvalue weighted by Gasteiger charge is 2.22. The van der Waals surface area contributed by atoms with Gasteiger partial charge in [-0.05, 0) is 79.8 Å². The number of fused-ring (bicyclic) bond motifs is 2. The third-order valence-corrected chi connectivity index (χ3v) is 8.55. The molecule has 7 rings (SSSR count). The molecule has 0 amide bonds. The van der Waals surface area contributed by atoms with Gasteiger partial charge in [-0.2, -0.15) is 5.10 Å². The number of hydrogen-bond acceptors (Lipinski definition) is 5. The van der Waals surface area contributed by atoms with Crippen molar-refractivity contribution < 1.29 is 4.74 Å². The largest absolute Gasteiger partial charge is 0.380 e. The molecular formula is C34H35N5O. The maximum Gasteiger partial charge on any atom is 0.155 e. The average molecular weight is 530 g/mol. The molecule has 5 aromatic rings. The zero-order valence-corrected chi connectivity index (χ0v) is 23.0. The van der Waals surface area contributed by atoms with Crippen LogP contribution in [0.2, 0.25) is 0 Å². The lowest BCUT2D eigenvalue weighted by atomic mass is 9.96. The monoisotopic (exact) mass is 529 g/mol. The summed E-state index contributed by atoms with van der Waals surface area (Å²) in [6, 6.07) is 22.8. The van der Waals surface area contributed by atoms with Gasteiger partial charge in [0.25, 0.3) is 0 Å². The van der Waals surface area contributed by atoms with Crippen molar-refractivity contribution in [1.29, 1.82) is 0 Å². The maximum atomic E-state index is 5.69. The molecule has 0 bridgehead atoms. The van der Waals surface area contributed by atoms with Gasteiger partial charge in [0.1, 0.15) is 5.69 Å². The van der Waals surface area contributed by atoms with E-state index in [-0.39, 0.29) is 0 Å². The van der Waals surface area contributed by atoms with Gasteiger partial charge in [0.2, 0.25) is 0 Å². The van der Waals surface area contributed by atoms with Crippen molar-refractivity contribution in [2.45, 2.75) is 57.5 Å². The van der Waals surface area contributed by atoms with Crippen molar-refractivity contribution >= 4 is 11.0 Å². The normalized spacial score (nSPS) is 19.3. The number of aromatic nitrogens is 4. The molecule has 1 fully saturated rings. The molecule has 1 aliphatic carbocycles. The Hall–Kier alpha value is -3.87. The second-order valence-electron chi connectivity index (χ2n) is 11.3. The van der Waals surface area contributed by atoms with E-state index in [2.05, 4.69) is 82.0 Å². The van der Waals surface area contributed by atoms with E-state index in [4.69, 9.17) is 9.72 Å². The third-order valence-electron chi connectivity index (χ3n) is 8.55. The molecule has 202 valence electrons. The molecule has 4 heterocycles. The minimum absolute atomic E-state index is 0.507.